The summed E-state index contributed by atoms with van der Waals surface area (Å²) in [5.74, 6) is 0.0595. The minimum absolute atomic E-state index is 0.0310. The van der Waals surface area contributed by atoms with Crippen molar-refractivity contribution in [3.63, 3.8) is 0 Å². The molecule has 1 aromatic carbocycles. The van der Waals surface area contributed by atoms with Crippen LogP contribution in [0.5, 0.6) is 5.75 Å². The number of nitrogens with zero attached hydrogens (tertiary/aromatic N) is 1. The molecular formula is C19H25N3O4S2. The molecule has 1 saturated carbocycles. The zero-order chi connectivity index (χ0) is 20.3. The highest BCUT2D eigenvalue weighted by Crippen LogP contribution is 2.28. The van der Waals surface area contributed by atoms with Gasteiger partial charge < -0.3 is 4.74 Å². The molecular weight excluding hydrogens is 398 g/mol. The zero-order valence-corrected chi connectivity index (χ0v) is 17.8. The van der Waals surface area contributed by atoms with Crippen molar-refractivity contribution < 1.29 is 17.9 Å². The average molecular weight is 424 g/mol. The maximum atomic E-state index is 12.8. The maximum Gasteiger partial charge on any atom is 0.257 e. The lowest BCUT2D eigenvalue weighted by molar-refractivity contribution is 0.102. The van der Waals surface area contributed by atoms with Crippen molar-refractivity contribution in [2.45, 2.75) is 56.4 Å². The van der Waals surface area contributed by atoms with Crippen LogP contribution in [0.1, 0.15) is 61.5 Å². The Bertz CT molecular complexity index is 948. The maximum absolute atomic E-state index is 12.8. The highest BCUT2D eigenvalue weighted by molar-refractivity contribution is 7.89. The molecule has 1 fully saturated rings. The average Bonchev–Trinajstić information content (AvgIpc) is 3.32. The Labute approximate surface area is 169 Å². The van der Waals surface area contributed by atoms with Crippen molar-refractivity contribution in [2.24, 2.45) is 0 Å². The number of benzene rings is 1. The molecule has 1 heterocycles. The summed E-state index contributed by atoms with van der Waals surface area (Å²) in [6, 6.07) is 4.32. The summed E-state index contributed by atoms with van der Waals surface area (Å²) in [7, 11) is -2.38. The van der Waals surface area contributed by atoms with E-state index in [1.807, 2.05) is 19.2 Å². The second kappa shape index (κ2) is 8.59. The number of hydrogen-bond acceptors (Lipinski definition) is 6. The van der Waals surface area contributed by atoms with Crippen LogP contribution >= 0.6 is 11.3 Å². The van der Waals surface area contributed by atoms with Crippen LogP contribution in [0, 0.1) is 0 Å². The number of amides is 1. The second-order valence-electron chi connectivity index (χ2n) is 7.15. The zero-order valence-electron chi connectivity index (χ0n) is 16.2. The van der Waals surface area contributed by atoms with Gasteiger partial charge in [0.05, 0.1) is 12.8 Å². The fourth-order valence-corrected chi connectivity index (χ4v) is 5.50. The van der Waals surface area contributed by atoms with Crippen LogP contribution in [0.15, 0.2) is 28.5 Å². The van der Waals surface area contributed by atoms with E-state index < -0.39 is 15.9 Å². The number of methoxy groups -OCH3 is 1. The normalized spacial score (nSPS) is 15.1. The highest BCUT2D eigenvalue weighted by atomic mass is 32.2. The Kier molecular flexibility index (Phi) is 6.36. The van der Waals surface area contributed by atoms with Crippen LogP contribution in [-0.2, 0) is 10.0 Å². The Morgan fingerprint density at radius 2 is 2.00 bits per heavy atom. The lowest BCUT2D eigenvalue weighted by Gasteiger charge is -2.15. The number of rotatable bonds is 7. The number of carbonyl (C=O) groups excluding carboxylic acids is 1. The van der Waals surface area contributed by atoms with E-state index in [1.165, 1.54) is 30.6 Å². The number of anilines is 1. The number of ether oxygens (including phenoxy) is 1. The lowest BCUT2D eigenvalue weighted by Crippen LogP contribution is -2.33. The molecule has 7 nitrogen and oxygen atoms in total. The third-order valence-electron chi connectivity index (χ3n) is 4.73. The van der Waals surface area contributed by atoms with E-state index >= 15 is 0 Å². The van der Waals surface area contributed by atoms with Gasteiger partial charge in [-0.25, -0.2) is 18.1 Å². The van der Waals surface area contributed by atoms with E-state index in [0.29, 0.717) is 5.13 Å². The molecule has 2 N–H and O–H groups in total. The fraction of sp³-hybridized carbons (Fsp3) is 0.474. The molecule has 0 radical (unpaired) electrons. The van der Waals surface area contributed by atoms with Crippen LogP contribution in [0.2, 0.25) is 0 Å². The number of sulfonamides is 1. The third-order valence-corrected chi connectivity index (χ3v) is 7.04. The van der Waals surface area contributed by atoms with Crippen LogP contribution in [0.25, 0.3) is 0 Å². The van der Waals surface area contributed by atoms with Gasteiger partial charge in [0.25, 0.3) is 5.91 Å². The molecule has 9 heteroatoms. The van der Waals surface area contributed by atoms with Crippen LogP contribution in [-0.4, -0.2) is 32.5 Å². The Morgan fingerprint density at radius 3 is 2.61 bits per heavy atom. The summed E-state index contributed by atoms with van der Waals surface area (Å²) in [6.07, 6.45) is 3.67. The first-order valence-corrected chi connectivity index (χ1v) is 11.6. The molecule has 3 rings (SSSR count). The number of carbonyl (C=O) groups is 1. The SMILES string of the molecule is COc1ccc(C(=O)Nc2nc(C(C)C)cs2)cc1S(=O)(=O)NC1CCCC1. The van der Waals surface area contributed by atoms with Gasteiger partial charge >= 0.3 is 0 Å². The van der Waals surface area contributed by atoms with E-state index in [1.54, 1.807) is 6.07 Å². The topological polar surface area (TPSA) is 97.4 Å². The molecule has 0 atom stereocenters. The molecule has 28 heavy (non-hydrogen) atoms. The quantitative estimate of drug-likeness (QED) is 0.707. The summed E-state index contributed by atoms with van der Waals surface area (Å²) in [6.45, 7) is 4.05. The molecule has 1 aliphatic rings. The Morgan fingerprint density at radius 1 is 1.29 bits per heavy atom. The molecule has 2 aromatic rings. The standard InChI is InChI=1S/C19H25N3O4S2/c1-12(2)15-11-27-19(20-15)21-18(23)13-8-9-16(26-3)17(10-13)28(24,25)22-14-6-4-5-7-14/h8-12,14,22H,4-7H2,1-3H3,(H,20,21,23). The van der Waals surface area contributed by atoms with Crippen molar-refractivity contribution in [1.82, 2.24) is 9.71 Å². The van der Waals surface area contributed by atoms with Crippen molar-refractivity contribution in [2.75, 3.05) is 12.4 Å². The number of aromatic nitrogens is 1. The summed E-state index contributed by atoms with van der Waals surface area (Å²) >= 11 is 1.34. The van der Waals surface area contributed by atoms with Crippen molar-refractivity contribution in [1.29, 1.82) is 0 Å². The summed E-state index contributed by atoms with van der Waals surface area (Å²) in [4.78, 5) is 17.0. The molecule has 1 aliphatic carbocycles. The monoisotopic (exact) mass is 423 g/mol. The number of nitrogens with one attached hydrogen (secondary N) is 2. The second-order valence-corrected chi connectivity index (χ2v) is 9.70. The Balaban J connectivity index is 1.83. The fourth-order valence-electron chi connectivity index (χ4n) is 3.13. The van der Waals surface area contributed by atoms with Crippen LogP contribution in [0.4, 0.5) is 5.13 Å². The van der Waals surface area contributed by atoms with Gasteiger partial charge in [-0.3, -0.25) is 10.1 Å². The van der Waals surface area contributed by atoms with Gasteiger partial charge in [0.1, 0.15) is 10.6 Å². The first-order valence-electron chi connectivity index (χ1n) is 9.27. The van der Waals surface area contributed by atoms with Crippen LogP contribution < -0.4 is 14.8 Å². The minimum atomic E-state index is -3.79. The van der Waals surface area contributed by atoms with E-state index in [0.717, 1.165) is 31.4 Å². The number of hydrogen-bond donors (Lipinski definition) is 2. The van der Waals surface area contributed by atoms with Gasteiger partial charge in [0, 0.05) is 17.0 Å². The van der Waals surface area contributed by atoms with Crippen molar-refractivity contribution >= 4 is 32.4 Å². The summed E-state index contributed by atoms with van der Waals surface area (Å²) in [5, 5.41) is 5.12. The number of thiazole rings is 1. The molecule has 1 amide bonds. The molecule has 0 aliphatic heterocycles. The summed E-state index contributed by atoms with van der Waals surface area (Å²) < 4.78 is 33.6. The largest absolute Gasteiger partial charge is 0.495 e. The molecule has 0 saturated heterocycles. The van der Waals surface area contributed by atoms with Gasteiger partial charge in [0.2, 0.25) is 10.0 Å². The molecule has 0 bridgehead atoms. The molecule has 0 unspecified atom stereocenters. The first-order chi connectivity index (χ1) is 13.3. The van der Waals surface area contributed by atoms with Gasteiger partial charge in [-0.15, -0.1) is 11.3 Å². The van der Waals surface area contributed by atoms with E-state index in [9.17, 15) is 13.2 Å². The Hall–Kier alpha value is -1.97. The first kappa shape index (κ1) is 20.8. The van der Waals surface area contributed by atoms with Gasteiger partial charge in [-0.1, -0.05) is 26.7 Å². The van der Waals surface area contributed by atoms with Gasteiger partial charge in [-0.2, -0.15) is 0 Å². The smallest absolute Gasteiger partial charge is 0.257 e. The van der Waals surface area contributed by atoms with Gasteiger partial charge in [0.15, 0.2) is 5.13 Å². The van der Waals surface area contributed by atoms with E-state index in [2.05, 4.69) is 15.0 Å². The van der Waals surface area contributed by atoms with Crippen LogP contribution in [0.3, 0.4) is 0 Å². The minimum Gasteiger partial charge on any atom is -0.495 e. The lowest BCUT2D eigenvalue weighted by atomic mass is 10.2. The predicted molar refractivity (Wildman–Crippen MR) is 110 cm³/mol. The summed E-state index contributed by atoms with van der Waals surface area (Å²) in [5.41, 5.74) is 1.13. The van der Waals surface area contributed by atoms with E-state index in [4.69, 9.17) is 4.74 Å². The van der Waals surface area contributed by atoms with E-state index in [-0.39, 0.29) is 28.2 Å². The van der Waals surface area contributed by atoms with Gasteiger partial charge in [-0.05, 0) is 37.0 Å². The third kappa shape index (κ3) is 4.71. The predicted octanol–water partition coefficient (Wildman–Crippen LogP) is 3.75. The molecule has 152 valence electrons. The van der Waals surface area contributed by atoms with Crippen molar-refractivity contribution in [3.05, 3.63) is 34.8 Å². The van der Waals surface area contributed by atoms with Crippen molar-refractivity contribution in [3.8, 4) is 5.75 Å². The molecule has 0 spiro atoms. The molecule has 1 aromatic heterocycles. The highest BCUT2D eigenvalue weighted by Gasteiger charge is 2.26.